The van der Waals surface area contributed by atoms with Crippen LogP contribution in [0.2, 0.25) is 0 Å². The Morgan fingerprint density at radius 3 is 2.65 bits per heavy atom. The van der Waals surface area contributed by atoms with Crippen LogP contribution >= 0.6 is 11.8 Å². The highest BCUT2D eigenvalue weighted by Crippen LogP contribution is 2.22. The normalized spacial score (nSPS) is 11.0. The van der Waals surface area contributed by atoms with Crippen molar-refractivity contribution in [3.05, 3.63) is 30.1 Å². The van der Waals surface area contributed by atoms with E-state index in [1.807, 2.05) is 0 Å². The van der Waals surface area contributed by atoms with Gasteiger partial charge in [-0.25, -0.2) is 0 Å². The molecule has 1 aromatic heterocycles. The number of hydrogen-bond acceptors (Lipinski definition) is 5. The van der Waals surface area contributed by atoms with Gasteiger partial charge in [-0.2, -0.15) is 16.7 Å². The Kier molecular flexibility index (Phi) is 3.68. The molecule has 0 unspecified atom stereocenters. The van der Waals surface area contributed by atoms with Gasteiger partial charge in [-0.3, -0.25) is 0 Å². The minimum Gasteiger partial charge on any atom is -0.508 e. The SMILES string of the molecule is CC(C)SCc1noc(-c2ccc(O)cc2)n1. The molecule has 90 valence electrons. The number of aromatic hydroxyl groups is 1. The van der Waals surface area contributed by atoms with Gasteiger partial charge >= 0.3 is 0 Å². The van der Waals surface area contributed by atoms with Crippen LogP contribution in [0.3, 0.4) is 0 Å². The first kappa shape index (κ1) is 12.0. The van der Waals surface area contributed by atoms with E-state index in [4.69, 9.17) is 4.52 Å². The fourth-order valence-electron chi connectivity index (χ4n) is 1.28. The molecular formula is C12H14N2O2S. The summed E-state index contributed by atoms with van der Waals surface area (Å²) in [5.74, 6) is 2.17. The molecule has 0 saturated carbocycles. The third-order valence-electron chi connectivity index (χ3n) is 2.13. The summed E-state index contributed by atoms with van der Waals surface area (Å²) >= 11 is 1.77. The number of hydrogen-bond donors (Lipinski definition) is 1. The Labute approximate surface area is 104 Å². The molecule has 0 aliphatic rings. The summed E-state index contributed by atoms with van der Waals surface area (Å²) in [6, 6.07) is 6.70. The first-order valence-corrected chi connectivity index (χ1v) is 6.43. The van der Waals surface area contributed by atoms with Crippen molar-refractivity contribution < 1.29 is 9.63 Å². The lowest BCUT2D eigenvalue weighted by Crippen LogP contribution is -1.90. The Morgan fingerprint density at radius 2 is 2.00 bits per heavy atom. The summed E-state index contributed by atoms with van der Waals surface area (Å²) in [6.07, 6.45) is 0. The molecule has 2 aromatic rings. The summed E-state index contributed by atoms with van der Waals surface area (Å²) in [7, 11) is 0. The molecule has 0 fully saturated rings. The van der Waals surface area contributed by atoms with Gasteiger partial charge in [0.15, 0.2) is 5.82 Å². The van der Waals surface area contributed by atoms with Gasteiger partial charge in [0.05, 0.1) is 5.75 Å². The number of nitrogens with zero attached hydrogens (tertiary/aromatic N) is 2. The molecule has 0 radical (unpaired) electrons. The third kappa shape index (κ3) is 3.23. The molecule has 1 aromatic carbocycles. The summed E-state index contributed by atoms with van der Waals surface area (Å²) in [6.45, 7) is 4.26. The molecular weight excluding hydrogens is 236 g/mol. The Morgan fingerprint density at radius 1 is 1.29 bits per heavy atom. The van der Waals surface area contributed by atoms with Gasteiger partial charge < -0.3 is 9.63 Å². The summed E-state index contributed by atoms with van der Waals surface area (Å²) in [5.41, 5.74) is 0.816. The van der Waals surface area contributed by atoms with E-state index in [1.54, 1.807) is 36.0 Å². The van der Waals surface area contributed by atoms with Crippen LogP contribution in [0.15, 0.2) is 28.8 Å². The van der Waals surface area contributed by atoms with Gasteiger partial charge in [-0.05, 0) is 29.5 Å². The molecule has 0 aliphatic heterocycles. The molecule has 0 saturated heterocycles. The quantitative estimate of drug-likeness (QED) is 0.903. The van der Waals surface area contributed by atoms with E-state index in [0.717, 1.165) is 11.3 Å². The fourth-order valence-corrected chi connectivity index (χ4v) is 1.87. The van der Waals surface area contributed by atoms with Gasteiger partial charge in [0, 0.05) is 5.56 Å². The standard InChI is InChI=1S/C12H14N2O2S/c1-8(2)17-7-11-13-12(16-14-11)9-3-5-10(15)6-4-9/h3-6,8,15H,7H2,1-2H3. The van der Waals surface area contributed by atoms with Crippen LogP contribution in [0.5, 0.6) is 5.75 Å². The van der Waals surface area contributed by atoms with Crippen LogP contribution in [0.25, 0.3) is 11.5 Å². The lowest BCUT2D eigenvalue weighted by Gasteiger charge is -1.99. The third-order valence-corrected chi connectivity index (χ3v) is 3.22. The molecule has 0 atom stereocenters. The van der Waals surface area contributed by atoms with Crippen LogP contribution in [0, 0.1) is 0 Å². The molecule has 4 nitrogen and oxygen atoms in total. The van der Waals surface area contributed by atoms with E-state index in [-0.39, 0.29) is 5.75 Å². The number of benzene rings is 1. The summed E-state index contributed by atoms with van der Waals surface area (Å²) in [4.78, 5) is 4.30. The van der Waals surface area contributed by atoms with E-state index in [2.05, 4.69) is 24.0 Å². The monoisotopic (exact) mass is 250 g/mol. The predicted molar refractivity (Wildman–Crippen MR) is 67.8 cm³/mol. The minimum atomic E-state index is 0.226. The second kappa shape index (κ2) is 5.23. The lowest BCUT2D eigenvalue weighted by molar-refractivity contribution is 0.425. The smallest absolute Gasteiger partial charge is 0.257 e. The zero-order valence-corrected chi connectivity index (χ0v) is 10.6. The van der Waals surface area contributed by atoms with Crippen molar-refractivity contribution in [2.45, 2.75) is 24.9 Å². The molecule has 17 heavy (non-hydrogen) atoms. The van der Waals surface area contributed by atoms with Crippen molar-refractivity contribution in [1.29, 1.82) is 0 Å². The Balaban J connectivity index is 2.10. The summed E-state index contributed by atoms with van der Waals surface area (Å²) in [5, 5.41) is 13.6. The number of aromatic nitrogens is 2. The van der Waals surface area contributed by atoms with Crippen molar-refractivity contribution in [2.75, 3.05) is 0 Å². The second-order valence-electron chi connectivity index (χ2n) is 3.92. The summed E-state index contributed by atoms with van der Waals surface area (Å²) < 4.78 is 5.17. The average molecular weight is 250 g/mol. The molecule has 0 bridgehead atoms. The van der Waals surface area contributed by atoms with E-state index in [9.17, 15) is 5.11 Å². The highest BCUT2D eigenvalue weighted by atomic mass is 32.2. The van der Waals surface area contributed by atoms with Crippen molar-refractivity contribution >= 4 is 11.8 Å². The van der Waals surface area contributed by atoms with Gasteiger partial charge in [0.1, 0.15) is 5.75 Å². The van der Waals surface area contributed by atoms with Gasteiger partial charge in [-0.15, -0.1) is 0 Å². The number of rotatable bonds is 4. The zero-order chi connectivity index (χ0) is 12.3. The topological polar surface area (TPSA) is 59.2 Å². The zero-order valence-electron chi connectivity index (χ0n) is 9.75. The molecule has 1 heterocycles. The Hall–Kier alpha value is -1.49. The lowest BCUT2D eigenvalue weighted by atomic mass is 10.2. The molecule has 0 aliphatic carbocycles. The average Bonchev–Trinajstić information content (AvgIpc) is 2.76. The highest BCUT2D eigenvalue weighted by Gasteiger charge is 2.09. The van der Waals surface area contributed by atoms with Crippen LogP contribution in [-0.4, -0.2) is 20.5 Å². The van der Waals surface area contributed by atoms with E-state index < -0.39 is 0 Å². The van der Waals surface area contributed by atoms with E-state index in [0.29, 0.717) is 17.0 Å². The van der Waals surface area contributed by atoms with E-state index >= 15 is 0 Å². The second-order valence-corrected chi connectivity index (χ2v) is 5.49. The maximum absolute atomic E-state index is 9.18. The minimum absolute atomic E-state index is 0.226. The van der Waals surface area contributed by atoms with Crippen molar-refractivity contribution in [3.8, 4) is 17.2 Å². The number of phenols is 1. The maximum atomic E-state index is 9.18. The van der Waals surface area contributed by atoms with Gasteiger partial charge in [0.2, 0.25) is 0 Å². The number of phenolic OH excluding ortho intramolecular Hbond substituents is 1. The first-order valence-electron chi connectivity index (χ1n) is 5.39. The van der Waals surface area contributed by atoms with Crippen molar-refractivity contribution in [1.82, 2.24) is 10.1 Å². The molecule has 5 heteroatoms. The largest absolute Gasteiger partial charge is 0.508 e. The van der Waals surface area contributed by atoms with Crippen molar-refractivity contribution in [3.63, 3.8) is 0 Å². The predicted octanol–water partition coefficient (Wildman–Crippen LogP) is 3.08. The van der Waals surface area contributed by atoms with Crippen molar-refractivity contribution in [2.24, 2.45) is 0 Å². The fraction of sp³-hybridized carbons (Fsp3) is 0.333. The molecule has 0 spiro atoms. The van der Waals surface area contributed by atoms with Gasteiger partial charge in [0.25, 0.3) is 5.89 Å². The van der Waals surface area contributed by atoms with Crippen LogP contribution in [-0.2, 0) is 5.75 Å². The number of thioether (sulfide) groups is 1. The molecule has 1 N–H and O–H groups in total. The van der Waals surface area contributed by atoms with Crippen LogP contribution < -0.4 is 0 Å². The molecule has 0 amide bonds. The van der Waals surface area contributed by atoms with Crippen LogP contribution in [0.4, 0.5) is 0 Å². The Bertz CT molecular complexity index is 480. The van der Waals surface area contributed by atoms with Crippen LogP contribution in [0.1, 0.15) is 19.7 Å². The van der Waals surface area contributed by atoms with Gasteiger partial charge in [-0.1, -0.05) is 19.0 Å². The maximum Gasteiger partial charge on any atom is 0.257 e. The van der Waals surface area contributed by atoms with E-state index in [1.165, 1.54) is 0 Å². The highest BCUT2D eigenvalue weighted by molar-refractivity contribution is 7.99. The molecule has 2 rings (SSSR count). The first-order chi connectivity index (χ1) is 8.15.